The predicted octanol–water partition coefficient (Wildman–Crippen LogP) is -0.454. The summed E-state index contributed by atoms with van der Waals surface area (Å²) < 4.78 is 4.64. The quantitative estimate of drug-likeness (QED) is 0.606. The van der Waals surface area contributed by atoms with Crippen LogP contribution in [0.3, 0.4) is 0 Å². The molecular weight excluding hydrogens is 148 g/mol. The third-order valence-corrected chi connectivity index (χ3v) is 0.990. The van der Waals surface area contributed by atoms with E-state index in [4.69, 9.17) is 5.73 Å². The van der Waals surface area contributed by atoms with Crippen LogP contribution in [0.15, 0.2) is 4.52 Å². The van der Waals surface area contributed by atoms with Crippen molar-refractivity contribution in [2.45, 2.75) is 13.5 Å². The minimum Gasteiger partial charge on any atom is -0.352 e. The largest absolute Gasteiger partial charge is 0.352 e. The lowest BCUT2D eigenvalue weighted by atomic mass is 10.6. The van der Waals surface area contributed by atoms with Gasteiger partial charge in [0.1, 0.15) is 0 Å². The number of rotatable bonds is 2. The van der Waals surface area contributed by atoms with Crippen LogP contribution in [-0.2, 0) is 6.54 Å². The number of carbonyl (C=O) groups excluding carboxylic acids is 1. The van der Waals surface area contributed by atoms with E-state index >= 15 is 0 Å². The second-order valence-electron chi connectivity index (χ2n) is 1.95. The number of amides is 2. The number of aryl methyl sites for hydroxylation is 1. The summed E-state index contributed by atoms with van der Waals surface area (Å²) in [6.07, 6.45) is 0. The molecule has 60 valence electrons. The van der Waals surface area contributed by atoms with Crippen LogP contribution >= 0.6 is 0 Å². The molecule has 1 aromatic rings. The van der Waals surface area contributed by atoms with Crippen LogP contribution in [0.5, 0.6) is 0 Å². The molecule has 6 nitrogen and oxygen atoms in total. The van der Waals surface area contributed by atoms with Gasteiger partial charge in [-0.15, -0.1) is 0 Å². The molecule has 0 fully saturated rings. The van der Waals surface area contributed by atoms with Gasteiger partial charge in [0.2, 0.25) is 5.89 Å². The molecule has 1 aromatic heterocycles. The lowest BCUT2D eigenvalue weighted by Gasteiger charge is -1.93. The molecule has 0 aliphatic heterocycles. The van der Waals surface area contributed by atoms with Gasteiger partial charge in [-0.3, -0.25) is 0 Å². The summed E-state index contributed by atoms with van der Waals surface area (Å²) in [6.45, 7) is 1.87. The number of hydrogen-bond acceptors (Lipinski definition) is 4. The second kappa shape index (κ2) is 3.00. The smallest absolute Gasteiger partial charge is 0.312 e. The van der Waals surface area contributed by atoms with Crippen LogP contribution in [-0.4, -0.2) is 16.2 Å². The van der Waals surface area contributed by atoms with E-state index < -0.39 is 6.03 Å². The number of urea groups is 1. The van der Waals surface area contributed by atoms with Crippen molar-refractivity contribution in [3.63, 3.8) is 0 Å². The molecule has 0 bridgehead atoms. The number of nitrogens with two attached hydrogens (primary N) is 1. The molecule has 1 rings (SSSR count). The first-order valence-electron chi connectivity index (χ1n) is 3.01. The van der Waals surface area contributed by atoms with Gasteiger partial charge in [-0.25, -0.2) is 4.79 Å². The summed E-state index contributed by atoms with van der Waals surface area (Å²) in [6, 6.07) is -0.604. The van der Waals surface area contributed by atoms with Crippen LogP contribution in [0.2, 0.25) is 0 Å². The zero-order chi connectivity index (χ0) is 8.27. The summed E-state index contributed by atoms with van der Waals surface area (Å²) in [4.78, 5) is 14.0. The second-order valence-corrected chi connectivity index (χ2v) is 1.95. The van der Waals surface area contributed by atoms with E-state index in [-0.39, 0.29) is 6.54 Å². The minimum absolute atomic E-state index is 0.201. The SMILES string of the molecule is Cc1nc(CNC(N)=O)no1. The van der Waals surface area contributed by atoms with Gasteiger partial charge in [0.15, 0.2) is 5.82 Å². The average molecular weight is 156 g/mol. The van der Waals surface area contributed by atoms with E-state index in [0.29, 0.717) is 11.7 Å². The number of nitrogens with one attached hydrogen (secondary N) is 1. The molecule has 0 saturated heterocycles. The van der Waals surface area contributed by atoms with E-state index in [2.05, 4.69) is 20.0 Å². The van der Waals surface area contributed by atoms with Gasteiger partial charge < -0.3 is 15.6 Å². The maximum atomic E-state index is 10.2. The topological polar surface area (TPSA) is 94.0 Å². The average Bonchev–Trinajstić information content (AvgIpc) is 2.31. The summed E-state index contributed by atoms with van der Waals surface area (Å²) in [5.41, 5.74) is 4.81. The number of primary amides is 1. The van der Waals surface area contributed by atoms with Crippen molar-refractivity contribution in [3.05, 3.63) is 11.7 Å². The highest BCUT2D eigenvalue weighted by Crippen LogP contribution is 1.92. The van der Waals surface area contributed by atoms with Gasteiger partial charge in [-0.1, -0.05) is 5.16 Å². The molecule has 0 atom stereocenters. The van der Waals surface area contributed by atoms with Crippen LogP contribution in [0.4, 0.5) is 4.79 Å². The summed E-state index contributed by atoms with van der Waals surface area (Å²) in [5.74, 6) is 0.882. The maximum absolute atomic E-state index is 10.2. The van der Waals surface area contributed by atoms with Crippen molar-refractivity contribution in [1.29, 1.82) is 0 Å². The monoisotopic (exact) mass is 156 g/mol. The van der Waals surface area contributed by atoms with E-state index in [0.717, 1.165) is 0 Å². The van der Waals surface area contributed by atoms with Crippen molar-refractivity contribution < 1.29 is 9.32 Å². The van der Waals surface area contributed by atoms with Crippen LogP contribution in [0.1, 0.15) is 11.7 Å². The molecule has 1 heterocycles. The van der Waals surface area contributed by atoms with Gasteiger partial charge in [0.25, 0.3) is 0 Å². The first-order chi connectivity index (χ1) is 5.18. The highest BCUT2D eigenvalue weighted by atomic mass is 16.5. The van der Waals surface area contributed by atoms with Gasteiger partial charge in [0, 0.05) is 6.92 Å². The van der Waals surface area contributed by atoms with E-state index in [1.807, 2.05) is 0 Å². The normalized spacial score (nSPS) is 9.55. The molecule has 0 spiro atoms. The summed E-state index contributed by atoms with van der Waals surface area (Å²) in [5, 5.41) is 5.86. The van der Waals surface area contributed by atoms with Gasteiger partial charge in [0.05, 0.1) is 6.54 Å². The van der Waals surface area contributed by atoms with Crippen molar-refractivity contribution in [2.24, 2.45) is 5.73 Å². The van der Waals surface area contributed by atoms with Crippen molar-refractivity contribution in [2.75, 3.05) is 0 Å². The molecule has 6 heteroatoms. The molecule has 0 aliphatic carbocycles. The Hall–Kier alpha value is -1.59. The van der Waals surface area contributed by atoms with Crippen molar-refractivity contribution >= 4 is 6.03 Å². The van der Waals surface area contributed by atoms with E-state index in [9.17, 15) is 4.79 Å². The third kappa shape index (κ3) is 2.24. The zero-order valence-electron chi connectivity index (χ0n) is 6.00. The van der Waals surface area contributed by atoms with Crippen molar-refractivity contribution in [3.8, 4) is 0 Å². The molecule has 0 aromatic carbocycles. The van der Waals surface area contributed by atoms with Crippen molar-refractivity contribution in [1.82, 2.24) is 15.5 Å². The Morgan fingerprint density at radius 2 is 2.55 bits per heavy atom. The van der Waals surface area contributed by atoms with Crippen LogP contribution in [0, 0.1) is 6.92 Å². The summed E-state index contributed by atoms with van der Waals surface area (Å²) >= 11 is 0. The van der Waals surface area contributed by atoms with Gasteiger partial charge >= 0.3 is 6.03 Å². The molecular formula is C5H8N4O2. The fourth-order valence-electron chi connectivity index (χ4n) is 0.579. The molecule has 0 saturated carbocycles. The van der Waals surface area contributed by atoms with Crippen LogP contribution < -0.4 is 11.1 Å². The first-order valence-corrected chi connectivity index (χ1v) is 3.01. The molecule has 0 radical (unpaired) electrons. The Balaban J connectivity index is 2.45. The fraction of sp³-hybridized carbons (Fsp3) is 0.400. The summed E-state index contributed by atoms with van der Waals surface area (Å²) in [7, 11) is 0. The van der Waals surface area contributed by atoms with Crippen LogP contribution in [0.25, 0.3) is 0 Å². The molecule has 0 unspecified atom stereocenters. The van der Waals surface area contributed by atoms with Gasteiger partial charge in [-0.2, -0.15) is 4.98 Å². The first kappa shape index (κ1) is 7.52. The molecule has 0 aliphatic rings. The highest BCUT2D eigenvalue weighted by molar-refractivity contribution is 5.71. The number of carbonyl (C=O) groups is 1. The predicted molar refractivity (Wildman–Crippen MR) is 35.5 cm³/mol. The number of aromatic nitrogens is 2. The standard InChI is InChI=1S/C5H8N4O2/c1-3-8-4(9-11-3)2-7-5(6)10/h2H2,1H3,(H3,6,7,10). The number of hydrogen-bond donors (Lipinski definition) is 2. The Bertz CT molecular complexity index is 257. The van der Waals surface area contributed by atoms with Gasteiger partial charge in [-0.05, 0) is 0 Å². The molecule has 11 heavy (non-hydrogen) atoms. The zero-order valence-corrected chi connectivity index (χ0v) is 6.00. The Kier molecular flexibility index (Phi) is 2.05. The lowest BCUT2D eigenvalue weighted by Crippen LogP contribution is -2.29. The Morgan fingerprint density at radius 3 is 3.00 bits per heavy atom. The lowest BCUT2D eigenvalue weighted by molar-refractivity contribution is 0.248. The van der Waals surface area contributed by atoms with E-state index in [1.165, 1.54) is 0 Å². The van der Waals surface area contributed by atoms with E-state index in [1.54, 1.807) is 6.92 Å². The fourth-order valence-corrected chi connectivity index (χ4v) is 0.579. The number of nitrogens with zero attached hydrogens (tertiary/aromatic N) is 2. The third-order valence-electron chi connectivity index (χ3n) is 0.990. The Labute approximate surface area is 62.8 Å². The molecule has 2 amide bonds. The Morgan fingerprint density at radius 1 is 1.82 bits per heavy atom. The maximum Gasteiger partial charge on any atom is 0.312 e. The highest BCUT2D eigenvalue weighted by Gasteiger charge is 2.01. The minimum atomic E-state index is -0.604. The molecule has 3 N–H and O–H groups in total.